The van der Waals surface area contributed by atoms with Crippen LogP contribution in [0.1, 0.15) is 36.0 Å². The number of Topliss-reactive ketones (excluding diaryl/α,β-unsaturated/α-hetero) is 1. The lowest BCUT2D eigenvalue weighted by molar-refractivity contribution is 0.0183. The molecule has 0 spiro atoms. The van der Waals surface area contributed by atoms with Gasteiger partial charge in [0.2, 0.25) is 0 Å². The van der Waals surface area contributed by atoms with E-state index in [1.807, 2.05) is 0 Å². The van der Waals surface area contributed by atoms with Crippen LogP contribution in [0.25, 0.3) is 0 Å². The Labute approximate surface area is 136 Å². The summed E-state index contributed by atoms with van der Waals surface area (Å²) in [6, 6.07) is 5.01. The maximum absolute atomic E-state index is 13.8. The minimum absolute atomic E-state index is 0.0422. The molecule has 0 saturated carbocycles. The van der Waals surface area contributed by atoms with Gasteiger partial charge in [0.15, 0.2) is 17.3 Å². The number of nitrogens with zero attached hydrogens (tertiary/aromatic N) is 1. The van der Waals surface area contributed by atoms with Gasteiger partial charge < -0.3 is 9.47 Å². The first-order valence-electron chi connectivity index (χ1n) is 8.38. The Morgan fingerprint density at radius 2 is 2.09 bits per heavy atom. The zero-order valence-corrected chi connectivity index (χ0v) is 13.6. The second-order valence-electron chi connectivity index (χ2n) is 6.39. The molecular weight excluding hydrogens is 297 g/mol. The SMILES string of the molecule is COc1ccc(C(=O)C2CCCN(C3CCOCC3)C2)cc1F. The highest BCUT2D eigenvalue weighted by molar-refractivity contribution is 5.98. The number of hydrogen-bond acceptors (Lipinski definition) is 4. The first-order valence-corrected chi connectivity index (χ1v) is 8.38. The molecule has 0 bridgehead atoms. The van der Waals surface area contributed by atoms with Crippen molar-refractivity contribution in [3.8, 4) is 5.75 Å². The van der Waals surface area contributed by atoms with Gasteiger partial charge in [0.05, 0.1) is 7.11 Å². The van der Waals surface area contributed by atoms with Crippen LogP contribution in [0.2, 0.25) is 0 Å². The van der Waals surface area contributed by atoms with E-state index in [4.69, 9.17) is 9.47 Å². The standard InChI is InChI=1S/C18H24FNO3/c1-22-17-5-4-13(11-16(17)19)18(21)14-3-2-8-20(12-14)15-6-9-23-10-7-15/h4-5,11,14-15H,2-3,6-10,12H2,1H3. The largest absolute Gasteiger partial charge is 0.494 e. The summed E-state index contributed by atoms with van der Waals surface area (Å²) >= 11 is 0. The molecule has 5 heteroatoms. The van der Waals surface area contributed by atoms with E-state index in [2.05, 4.69) is 4.90 Å². The van der Waals surface area contributed by atoms with Crippen LogP contribution in [0.4, 0.5) is 4.39 Å². The number of ether oxygens (including phenoxy) is 2. The second-order valence-corrected chi connectivity index (χ2v) is 6.39. The molecule has 2 heterocycles. The van der Waals surface area contributed by atoms with Gasteiger partial charge in [0.25, 0.3) is 0 Å². The number of ketones is 1. The highest BCUT2D eigenvalue weighted by Crippen LogP contribution is 2.27. The van der Waals surface area contributed by atoms with E-state index in [0.717, 1.165) is 52.0 Å². The van der Waals surface area contributed by atoms with E-state index in [1.165, 1.54) is 19.2 Å². The molecule has 2 saturated heterocycles. The number of hydrogen-bond donors (Lipinski definition) is 0. The first-order chi connectivity index (χ1) is 11.2. The molecule has 0 radical (unpaired) electrons. The van der Waals surface area contributed by atoms with Crippen LogP contribution >= 0.6 is 0 Å². The van der Waals surface area contributed by atoms with Crippen molar-refractivity contribution in [3.63, 3.8) is 0 Å². The third-order valence-electron chi connectivity index (χ3n) is 4.97. The van der Waals surface area contributed by atoms with Crippen LogP contribution in [0, 0.1) is 11.7 Å². The zero-order chi connectivity index (χ0) is 16.2. The number of likely N-dealkylation sites (tertiary alicyclic amines) is 1. The molecule has 1 aromatic rings. The van der Waals surface area contributed by atoms with Crippen molar-refractivity contribution in [1.82, 2.24) is 4.90 Å². The van der Waals surface area contributed by atoms with Gasteiger partial charge in [-0.25, -0.2) is 4.39 Å². The summed E-state index contributed by atoms with van der Waals surface area (Å²) in [7, 11) is 1.42. The van der Waals surface area contributed by atoms with Crippen molar-refractivity contribution >= 4 is 5.78 Å². The van der Waals surface area contributed by atoms with Crippen molar-refractivity contribution in [2.45, 2.75) is 31.7 Å². The Balaban J connectivity index is 1.67. The van der Waals surface area contributed by atoms with E-state index >= 15 is 0 Å². The molecule has 126 valence electrons. The third-order valence-corrected chi connectivity index (χ3v) is 4.97. The number of rotatable bonds is 4. The van der Waals surface area contributed by atoms with E-state index in [0.29, 0.717) is 11.6 Å². The van der Waals surface area contributed by atoms with Gasteiger partial charge in [-0.15, -0.1) is 0 Å². The van der Waals surface area contributed by atoms with Gasteiger partial charge in [-0.05, 0) is 50.4 Å². The Bertz CT molecular complexity index is 557. The van der Waals surface area contributed by atoms with E-state index in [-0.39, 0.29) is 17.5 Å². The van der Waals surface area contributed by atoms with Gasteiger partial charge in [0, 0.05) is 37.3 Å². The molecule has 2 aliphatic rings. The van der Waals surface area contributed by atoms with Crippen LogP contribution in [0.5, 0.6) is 5.75 Å². The number of carbonyl (C=O) groups is 1. The van der Waals surface area contributed by atoms with E-state index in [9.17, 15) is 9.18 Å². The van der Waals surface area contributed by atoms with Crippen LogP contribution in [0.15, 0.2) is 18.2 Å². The first kappa shape index (κ1) is 16.4. The quantitative estimate of drug-likeness (QED) is 0.799. The smallest absolute Gasteiger partial charge is 0.167 e. The van der Waals surface area contributed by atoms with Gasteiger partial charge in [-0.1, -0.05) is 0 Å². The lowest BCUT2D eigenvalue weighted by Crippen LogP contribution is -2.46. The zero-order valence-electron chi connectivity index (χ0n) is 13.6. The molecule has 0 amide bonds. The summed E-state index contributed by atoms with van der Waals surface area (Å²) in [5.41, 5.74) is 0.446. The molecule has 4 nitrogen and oxygen atoms in total. The summed E-state index contributed by atoms with van der Waals surface area (Å²) < 4.78 is 24.2. The lowest BCUT2D eigenvalue weighted by Gasteiger charge is -2.39. The topological polar surface area (TPSA) is 38.8 Å². The number of piperidine rings is 1. The van der Waals surface area contributed by atoms with Crippen LogP contribution in [-0.4, -0.2) is 50.1 Å². The number of methoxy groups -OCH3 is 1. The van der Waals surface area contributed by atoms with Crippen LogP contribution in [0.3, 0.4) is 0 Å². The van der Waals surface area contributed by atoms with Crippen LogP contribution in [-0.2, 0) is 4.74 Å². The predicted octanol–water partition coefficient (Wildman–Crippen LogP) is 2.91. The Morgan fingerprint density at radius 3 is 2.78 bits per heavy atom. The normalized spacial score (nSPS) is 23.7. The maximum Gasteiger partial charge on any atom is 0.167 e. The van der Waals surface area contributed by atoms with Gasteiger partial charge >= 0.3 is 0 Å². The molecule has 1 atom stereocenters. The summed E-state index contributed by atoms with van der Waals surface area (Å²) in [5.74, 6) is -0.299. The number of benzene rings is 1. The van der Waals surface area contributed by atoms with Gasteiger partial charge in [-0.2, -0.15) is 0 Å². The second kappa shape index (κ2) is 7.41. The molecule has 2 aliphatic heterocycles. The minimum Gasteiger partial charge on any atom is -0.494 e. The van der Waals surface area contributed by atoms with Crippen molar-refractivity contribution in [2.24, 2.45) is 5.92 Å². The summed E-state index contributed by atoms with van der Waals surface area (Å²) in [6.07, 6.45) is 3.98. The average Bonchev–Trinajstić information content (AvgIpc) is 2.62. The minimum atomic E-state index is -0.476. The molecule has 0 aliphatic carbocycles. The fraction of sp³-hybridized carbons (Fsp3) is 0.611. The lowest BCUT2D eigenvalue weighted by atomic mass is 9.88. The molecule has 2 fully saturated rings. The fourth-order valence-electron chi connectivity index (χ4n) is 3.66. The summed E-state index contributed by atoms with van der Waals surface area (Å²) in [4.78, 5) is 15.1. The highest BCUT2D eigenvalue weighted by atomic mass is 19.1. The summed E-state index contributed by atoms with van der Waals surface area (Å²) in [6.45, 7) is 3.44. The Hall–Kier alpha value is -1.46. The average molecular weight is 321 g/mol. The summed E-state index contributed by atoms with van der Waals surface area (Å²) in [5, 5.41) is 0. The van der Waals surface area contributed by atoms with Crippen molar-refractivity contribution in [3.05, 3.63) is 29.6 Å². The van der Waals surface area contributed by atoms with E-state index in [1.54, 1.807) is 6.07 Å². The molecule has 0 aromatic heterocycles. The van der Waals surface area contributed by atoms with Gasteiger partial charge in [0.1, 0.15) is 0 Å². The molecule has 1 aromatic carbocycles. The molecular formula is C18H24FNO3. The fourth-order valence-corrected chi connectivity index (χ4v) is 3.66. The van der Waals surface area contributed by atoms with Crippen molar-refractivity contribution < 1.29 is 18.7 Å². The van der Waals surface area contributed by atoms with Gasteiger partial charge in [-0.3, -0.25) is 9.69 Å². The highest BCUT2D eigenvalue weighted by Gasteiger charge is 2.31. The Kier molecular flexibility index (Phi) is 5.28. The van der Waals surface area contributed by atoms with Crippen molar-refractivity contribution in [2.75, 3.05) is 33.4 Å². The molecule has 23 heavy (non-hydrogen) atoms. The molecule has 3 rings (SSSR count). The monoisotopic (exact) mass is 321 g/mol. The molecule has 1 unspecified atom stereocenters. The number of carbonyl (C=O) groups excluding carboxylic acids is 1. The predicted molar refractivity (Wildman–Crippen MR) is 85.4 cm³/mol. The number of halogens is 1. The van der Waals surface area contributed by atoms with Crippen molar-refractivity contribution in [1.29, 1.82) is 0 Å². The maximum atomic E-state index is 13.8. The van der Waals surface area contributed by atoms with E-state index < -0.39 is 5.82 Å². The third kappa shape index (κ3) is 3.72. The Morgan fingerprint density at radius 1 is 1.30 bits per heavy atom. The van der Waals surface area contributed by atoms with Crippen LogP contribution < -0.4 is 4.74 Å². The molecule has 0 N–H and O–H groups in total.